The zero-order chi connectivity index (χ0) is 18.4. The van der Waals surface area contributed by atoms with Crippen LogP contribution in [0.4, 0.5) is 5.82 Å². The summed E-state index contributed by atoms with van der Waals surface area (Å²) in [7, 11) is 0. The molecule has 6 nitrogen and oxygen atoms in total. The van der Waals surface area contributed by atoms with Gasteiger partial charge in [0.2, 0.25) is 0 Å². The molecule has 7 heteroatoms. The van der Waals surface area contributed by atoms with Gasteiger partial charge in [0.1, 0.15) is 5.82 Å². The summed E-state index contributed by atoms with van der Waals surface area (Å²) in [6.45, 7) is 1.82. The Morgan fingerprint density at radius 2 is 2.27 bits per heavy atom. The van der Waals surface area contributed by atoms with Crippen LogP contribution in [0.5, 0.6) is 0 Å². The van der Waals surface area contributed by atoms with Crippen LogP contribution in [0, 0.1) is 0 Å². The molecule has 0 unspecified atom stereocenters. The van der Waals surface area contributed by atoms with Crippen molar-refractivity contribution in [2.75, 3.05) is 18.4 Å². The van der Waals surface area contributed by atoms with E-state index >= 15 is 0 Å². The number of rotatable bonds is 6. The second kappa shape index (κ2) is 8.29. The largest absolute Gasteiger partial charge is 0.478 e. The number of carboxylic acids is 1. The number of aromatic nitrogens is 2. The van der Waals surface area contributed by atoms with E-state index in [1.807, 2.05) is 18.2 Å². The zero-order valence-electron chi connectivity index (χ0n) is 14.3. The van der Waals surface area contributed by atoms with Gasteiger partial charge < -0.3 is 15.7 Å². The van der Waals surface area contributed by atoms with Crippen molar-refractivity contribution in [1.82, 2.24) is 15.3 Å². The van der Waals surface area contributed by atoms with E-state index in [1.54, 1.807) is 12.4 Å². The number of halogens is 1. The lowest BCUT2D eigenvalue weighted by molar-refractivity contribution is -0.131. The maximum absolute atomic E-state index is 10.6. The van der Waals surface area contributed by atoms with Crippen molar-refractivity contribution in [2.45, 2.75) is 24.8 Å². The lowest BCUT2D eigenvalue weighted by Crippen LogP contribution is -2.53. The Morgan fingerprint density at radius 1 is 1.38 bits per heavy atom. The molecule has 1 fully saturated rings. The van der Waals surface area contributed by atoms with Gasteiger partial charge in [-0.05, 0) is 49.6 Å². The van der Waals surface area contributed by atoms with Crippen LogP contribution < -0.4 is 10.6 Å². The summed E-state index contributed by atoms with van der Waals surface area (Å²) in [5.41, 5.74) is 1.50. The minimum atomic E-state index is -1.01. The highest BCUT2D eigenvalue weighted by atomic mass is 35.5. The first kappa shape index (κ1) is 18.4. The van der Waals surface area contributed by atoms with Crippen molar-refractivity contribution in [3.8, 4) is 0 Å². The van der Waals surface area contributed by atoms with Crippen molar-refractivity contribution < 1.29 is 9.90 Å². The van der Waals surface area contributed by atoms with Gasteiger partial charge in [-0.15, -0.1) is 0 Å². The number of hydrogen-bond donors (Lipinski definition) is 3. The molecular formula is C19H21ClN4O2. The van der Waals surface area contributed by atoms with E-state index in [-0.39, 0.29) is 5.54 Å². The van der Waals surface area contributed by atoms with Gasteiger partial charge in [0.15, 0.2) is 0 Å². The predicted molar refractivity (Wildman–Crippen MR) is 102 cm³/mol. The summed E-state index contributed by atoms with van der Waals surface area (Å²) in [4.78, 5) is 19.2. The van der Waals surface area contributed by atoms with Crippen molar-refractivity contribution in [3.05, 3.63) is 59.0 Å². The molecular weight excluding hydrogens is 352 g/mol. The third kappa shape index (κ3) is 5.03. The van der Waals surface area contributed by atoms with E-state index in [0.717, 1.165) is 43.5 Å². The van der Waals surface area contributed by atoms with Gasteiger partial charge in [-0.2, -0.15) is 0 Å². The van der Waals surface area contributed by atoms with Crippen LogP contribution in [0.15, 0.2) is 42.7 Å². The maximum atomic E-state index is 10.6. The molecule has 1 aliphatic heterocycles. The molecule has 3 N–H and O–H groups in total. The summed E-state index contributed by atoms with van der Waals surface area (Å²) >= 11 is 6.13. The number of nitrogens with one attached hydrogen (secondary N) is 2. The number of anilines is 1. The van der Waals surface area contributed by atoms with Crippen LogP contribution >= 0.6 is 11.6 Å². The van der Waals surface area contributed by atoms with Gasteiger partial charge in [0.05, 0.1) is 23.6 Å². The standard InChI is InChI=1S/C19H21ClN4O2/c20-15-4-1-3-14(9-15)10-19(7-2-8-21-13-19)24-17-12-22-16(11-23-17)5-6-18(25)26/h1,3-6,9,11-12,21H,2,7-8,10,13H2,(H,23,24)(H,25,26)/b6-5+/t19-/m1/s1. The summed E-state index contributed by atoms with van der Waals surface area (Å²) in [5, 5.41) is 16.4. The van der Waals surface area contributed by atoms with Gasteiger partial charge in [0.25, 0.3) is 0 Å². The summed E-state index contributed by atoms with van der Waals surface area (Å²) < 4.78 is 0. The van der Waals surface area contributed by atoms with Crippen LogP contribution in [0.1, 0.15) is 24.1 Å². The van der Waals surface area contributed by atoms with E-state index in [0.29, 0.717) is 11.5 Å². The molecule has 0 saturated carbocycles. The molecule has 3 rings (SSSR count). The highest BCUT2D eigenvalue weighted by Gasteiger charge is 2.32. The van der Waals surface area contributed by atoms with Crippen LogP contribution in [-0.2, 0) is 11.2 Å². The maximum Gasteiger partial charge on any atom is 0.328 e. The Balaban J connectivity index is 1.77. The highest BCUT2D eigenvalue weighted by Crippen LogP contribution is 2.26. The Hall–Kier alpha value is -2.44. The fourth-order valence-electron chi connectivity index (χ4n) is 3.22. The topological polar surface area (TPSA) is 87.1 Å². The van der Waals surface area contributed by atoms with E-state index in [9.17, 15) is 4.79 Å². The van der Waals surface area contributed by atoms with E-state index in [2.05, 4.69) is 26.7 Å². The summed E-state index contributed by atoms with van der Waals surface area (Å²) in [5.74, 6) is -0.342. The Morgan fingerprint density at radius 3 is 2.92 bits per heavy atom. The highest BCUT2D eigenvalue weighted by molar-refractivity contribution is 6.30. The fraction of sp³-hybridized carbons (Fsp3) is 0.316. The van der Waals surface area contributed by atoms with Gasteiger partial charge in [-0.3, -0.25) is 4.98 Å². The number of carboxylic acid groups (broad SMARTS) is 1. The molecule has 1 aromatic carbocycles. The average Bonchev–Trinajstić information content (AvgIpc) is 2.62. The zero-order valence-corrected chi connectivity index (χ0v) is 15.0. The molecule has 2 heterocycles. The van der Waals surface area contributed by atoms with Crippen molar-refractivity contribution in [3.63, 3.8) is 0 Å². The predicted octanol–water partition coefficient (Wildman–Crippen LogP) is 3.00. The lowest BCUT2D eigenvalue weighted by atomic mass is 9.84. The molecule has 136 valence electrons. The third-order valence-electron chi connectivity index (χ3n) is 4.37. The molecule has 1 aromatic heterocycles. The first-order valence-corrected chi connectivity index (χ1v) is 8.89. The van der Waals surface area contributed by atoms with Crippen molar-refractivity contribution in [1.29, 1.82) is 0 Å². The van der Waals surface area contributed by atoms with Gasteiger partial charge in [-0.1, -0.05) is 23.7 Å². The first-order chi connectivity index (χ1) is 12.5. The minimum Gasteiger partial charge on any atom is -0.478 e. The fourth-order valence-corrected chi connectivity index (χ4v) is 3.44. The lowest BCUT2D eigenvalue weighted by Gasteiger charge is -2.39. The van der Waals surface area contributed by atoms with E-state index in [4.69, 9.17) is 16.7 Å². The molecule has 1 saturated heterocycles. The van der Waals surface area contributed by atoms with E-state index < -0.39 is 5.97 Å². The summed E-state index contributed by atoms with van der Waals surface area (Å²) in [6.07, 6.45) is 8.56. The Labute approximate surface area is 157 Å². The molecule has 0 bridgehead atoms. The number of piperidine rings is 1. The van der Waals surface area contributed by atoms with Crippen molar-refractivity contribution in [2.24, 2.45) is 0 Å². The third-order valence-corrected chi connectivity index (χ3v) is 4.60. The Bertz CT molecular complexity index is 786. The number of carbonyl (C=O) groups is 1. The van der Waals surface area contributed by atoms with Crippen molar-refractivity contribution >= 4 is 29.5 Å². The minimum absolute atomic E-state index is 0.171. The SMILES string of the molecule is O=C(O)/C=C/c1cnc(N[C@@]2(Cc3cccc(Cl)c3)CCCNC2)cn1. The molecule has 1 aliphatic rings. The Kier molecular flexibility index (Phi) is 5.85. The molecule has 0 aliphatic carbocycles. The van der Waals surface area contributed by atoms with E-state index in [1.165, 1.54) is 11.6 Å². The van der Waals surface area contributed by atoms with Gasteiger partial charge in [-0.25, -0.2) is 9.78 Å². The molecule has 2 aromatic rings. The normalized spacial score (nSPS) is 20.2. The molecule has 1 atom stereocenters. The van der Waals surface area contributed by atoms with Crippen LogP contribution in [0.3, 0.4) is 0 Å². The number of nitrogens with zero attached hydrogens (tertiary/aromatic N) is 2. The molecule has 0 radical (unpaired) electrons. The quantitative estimate of drug-likeness (QED) is 0.676. The summed E-state index contributed by atoms with van der Waals surface area (Å²) in [6, 6.07) is 7.91. The van der Waals surface area contributed by atoms with Gasteiger partial charge in [0, 0.05) is 17.6 Å². The first-order valence-electron chi connectivity index (χ1n) is 8.51. The monoisotopic (exact) mass is 372 g/mol. The number of hydrogen-bond acceptors (Lipinski definition) is 5. The van der Waals surface area contributed by atoms with Crippen LogP contribution in [0.25, 0.3) is 6.08 Å². The molecule has 0 spiro atoms. The average molecular weight is 373 g/mol. The molecule has 0 amide bonds. The molecule has 26 heavy (non-hydrogen) atoms. The smallest absolute Gasteiger partial charge is 0.328 e. The second-order valence-corrected chi connectivity index (χ2v) is 6.93. The second-order valence-electron chi connectivity index (χ2n) is 6.49. The number of aliphatic carboxylic acids is 1. The number of benzene rings is 1. The van der Waals surface area contributed by atoms with Crippen LogP contribution in [0.2, 0.25) is 5.02 Å². The van der Waals surface area contributed by atoms with Gasteiger partial charge >= 0.3 is 5.97 Å². The van der Waals surface area contributed by atoms with Crippen LogP contribution in [-0.4, -0.2) is 39.7 Å².